The fraction of sp³-hybridized carbons (Fsp3) is 0.0435. The van der Waals surface area contributed by atoms with Crippen LogP contribution in [0.25, 0.3) is 42.1 Å². The molecule has 3 heteroatoms. The van der Waals surface area contributed by atoms with Gasteiger partial charge in [-0.25, -0.2) is 0 Å². The van der Waals surface area contributed by atoms with Gasteiger partial charge in [-0.15, -0.1) is 24.0 Å². The predicted molar refractivity (Wildman–Crippen MR) is 119 cm³/mol. The third-order valence-corrected chi connectivity index (χ3v) is 6.53. The van der Waals surface area contributed by atoms with Gasteiger partial charge in [0.25, 0.3) is 0 Å². The summed E-state index contributed by atoms with van der Waals surface area (Å²) in [5.74, 6) is 0. The summed E-state index contributed by atoms with van der Waals surface area (Å²) in [4.78, 5) is 0.999. The molecule has 1 nitrogen and oxygen atoms in total. The van der Waals surface area contributed by atoms with Crippen molar-refractivity contribution in [3.05, 3.63) is 72.8 Å². The molecule has 0 saturated heterocycles. The molecule has 5 aromatic rings. The van der Waals surface area contributed by atoms with Crippen LogP contribution in [0.5, 0.6) is 0 Å². The Bertz CT molecular complexity index is 1280. The van der Waals surface area contributed by atoms with E-state index >= 15 is 0 Å². The zero-order valence-corrected chi connectivity index (χ0v) is 16.0. The smallest absolute Gasteiger partial charge is 0.0574 e. The van der Waals surface area contributed by atoms with E-state index in [0.29, 0.717) is 0 Å². The Morgan fingerprint density at radius 3 is 2.42 bits per heavy atom. The van der Waals surface area contributed by atoms with Gasteiger partial charge < -0.3 is 5.32 Å². The molecule has 0 spiro atoms. The summed E-state index contributed by atoms with van der Waals surface area (Å²) in [6.45, 7) is 0. The number of hydrogen-bond donors (Lipinski definition) is 2. The Kier molecular flexibility index (Phi) is 3.66. The number of anilines is 1. The summed E-state index contributed by atoms with van der Waals surface area (Å²) < 4.78 is 2.60. The van der Waals surface area contributed by atoms with Crippen molar-refractivity contribution >= 4 is 60.6 Å². The van der Waals surface area contributed by atoms with Crippen LogP contribution in [0.2, 0.25) is 0 Å². The normalized spacial score (nSPS) is 11.5. The molecule has 0 unspecified atom stereocenters. The van der Waals surface area contributed by atoms with E-state index in [1.165, 1.54) is 42.1 Å². The molecule has 1 aromatic heterocycles. The molecule has 0 aliphatic carbocycles. The van der Waals surface area contributed by atoms with Crippen molar-refractivity contribution in [3.63, 3.8) is 0 Å². The van der Waals surface area contributed by atoms with E-state index in [0.717, 1.165) is 10.6 Å². The summed E-state index contributed by atoms with van der Waals surface area (Å²) in [6, 6.07) is 26.0. The van der Waals surface area contributed by atoms with Crippen LogP contribution in [-0.4, -0.2) is 7.05 Å². The van der Waals surface area contributed by atoms with Gasteiger partial charge in [-0.05, 0) is 40.1 Å². The standard InChI is InChI=1S/C23H17NS2/c1-24-22-21-17-8-4-5-9-19(17)26-20(21)13-18(23(22)25)16-11-10-14-6-2-3-7-15(14)12-16/h2-13,24-25H,1H3. The highest BCUT2D eigenvalue weighted by Crippen LogP contribution is 2.45. The van der Waals surface area contributed by atoms with Crippen LogP contribution in [0.4, 0.5) is 5.69 Å². The number of rotatable bonds is 2. The van der Waals surface area contributed by atoms with Gasteiger partial charge in [0.2, 0.25) is 0 Å². The SMILES string of the molecule is CNc1c(S)c(-c2ccc3ccccc3c2)cc2sc3ccccc3c12. The number of benzene rings is 4. The summed E-state index contributed by atoms with van der Waals surface area (Å²) in [5, 5.41) is 8.46. The quantitative estimate of drug-likeness (QED) is 0.313. The van der Waals surface area contributed by atoms with E-state index in [4.69, 9.17) is 12.6 Å². The molecule has 126 valence electrons. The first-order valence-corrected chi connectivity index (χ1v) is 9.87. The van der Waals surface area contributed by atoms with Crippen LogP contribution in [0.3, 0.4) is 0 Å². The summed E-state index contributed by atoms with van der Waals surface area (Å²) in [7, 11) is 1.98. The second-order valence-electron chi connectivity index (χ2n) is 6.43. The van der Waals surface area contributed by atoms with Gasteiger partial charge in [-0.3, -0.25) is 0 Å². The van der Waals surface area contributed by atoms with Crippen LogP contribution in [0.15, 0.2) is 77.7 Å². The van der Waals surface area contributed by atoms with Crippen molar-refractivity contribution in [3.8, 4) is 11.1 Å². The summed E-state index contributed by atoms with van der Waals surface area (Å²) >= 11 is 6.75. The van der Waals surface area contributed by atoms with Gasteiger partial charge in [0.1, 0.15) is 0 Å². The molecule has 1 heterocycles. The molecule has 0 bridgehead atoms. The monoisotopic (exact) mass is 371 g/mol. The highest BCUT2D eigenvalue weighted by Gasteiger charge is 2.16. The zero-order valence-electron chi connectivity index (χ0n) is 14.3. The summed E-state index contributed by atoms with van der Waals surface area (Å²) in [5.41, 5.74) is 3.47. The first kappa shape index (κ1) is 15.7. The second kappa shape index (κ2) is 6.04. The lowest BCUT2D eigenvalue weighted by Gasteiger charge is -2.13. The molecule has 5 rings (SSSR count). The number of hydrogen-bond acceptors (Lipinski definition) is 3. The molecule has 0 amide bonds. The van der Waals surface area contributed by atoms with Crippen LogP contribution in [0.1, 0.15) is 0 Å². The maximum absolute atomic E-state index is 4.92. The van der Waals surface area contributed by atoms with E-state index in [9.17, 15) is 0 Å². The Morgan fingerprint density at radius 2 is 1.58 bits per heavy atom. The van der Waals surface area contributed by atoms with Gasteiger partial charge in [0.05, 0.1) is 5.69 Å². The van der Waals surface area contributed by atoms with Crippen LogP contribution in [0, 0.1) is 0 Å². The van der Waals surface area contributed by atoms with Crippen molar-refractivity contribution in [2.45, 2.75) is 4.90 Å². The Balaban J connectivity index is 1.84. The van der Waals surface area contributed by atoms with Gasteiger partial charge in [0, 0.05) is 32.1 Å². The van der Waals surface area contributed by atoms with Crippen molar-refractivity contribution in [2.75, 3.05) is 12.4 Å². The molecular formula is C23H17NS2. The lowest BCUT2D eigenvalue weighted by Crippen LogP contribution is -1.93. The number of thiophene rings is 1. The van der Waals surface area contributed by atoms with Crippen LogP contribution < -0.4 is 5.32 Å². The molecule has 0 radical (unpaired) electrons. The van der Waals surface area contributed by atoms with E-state index in [-0.39, 0.29) is 0 Å². The largest absolute Gasteiger partial charge is 0.387 e. The van der Waals surface area contributed by atoms with E-state index in [1.807, 2.05) is 18.4 Å². The van der Waals surface area contributed by atoms with Crippen molar-refractivity contribution in [1.82, 2.24) is 0 Å². The van der Waals surface area contributed by atoms with Gasteiger partial charge in [-0.1, -0.05) is 54.6 Å². The fourth-order valence-corrected chi connectivity index (χ4v) is 5.27. The van der Waals surface area contributed by atoms with E-state index in [2.05, 4.69) is 78.1 Å². The van der Waals surface area contributed by atoms with Crippen molar-refractivity contribution in [2.24, 2.45) is 0 Å². The van der Waals surface area contributed by atoms with Crippen LogP contribution >= 0.6 is 24.0 Å². The molecule has 0 atom stereocenters. The maximum atomic E-state index is 4.92. The Morgan fingerprint density at radius 1 is 0.808 bits per heavy atom. The Labute approximate surface area is 161 Å². The minimum Gasteiger partial charge on any atom is -0.387 e. The lowest BCUT2D eigenvalue weighted by atomic mass is 9.99. The van der Waals surface area contributed by atoms with E-state index in [1.54, 1.807) is 0 Å². The van der Waals surface area contributed by atoms with Gasteiger partial charge in [-0.2, -0.15) is 0 Å². The molecule has 26 heavy (non-hydrogen) atoms. The van der Waals surface area contributed by atoms with E-state index < -0.39 is 0 Å². The predicted octanol–water partition coefficient (Wildman–Crippen LogP) is 7.21. The second-order valence-corrected chi connectivity index (χ2v) is 7.96. The summed E-state index contributed by atoms with van der Waals surface area (Å²) in [6.07, 6.45) is 0. The highest BCUT2D eigenvalue weighted by molar-refractivity contribution is 7.80. The minimum atomic E-state index is 0.999. The third-order valence-electron chi connectivity index (χ3n) is 4.95. The Hall–Kier alpha value is -2.49. The molecule has 1 N–H and O–H groups in total. The van der Waals surface area contributed by atoms with Crippen molar-refractivity contribution in [1.29, 1.82) is 0 Å². The molecule has 4 aromatic carbocycles. The average molecular weight is 372 g/mol. The molecule has 0 fully saturated rings. The topological polar surface area (TPSA) is 12.0 Å². The number of thiol groups is 1. The first-order chi connectivity index (χ1) is 12.8. The molecular weight excluding hydrogens is 354 g/mol. The van der Waals surface area contributed by atoms with Gasteiger partial charge >= 0.3 is 0 Å². The third kappa shape index (κ3) is 2.32. The van der Waals surface area contributed by atoms with Crippen molar-refractivity contribution < 1.29 is 0 Å². The van der Waals surface area contributed by atoms with Crippen LogP contribution in [-0.2, 0) is 0 Å². The van der Waals surface area contributed by atoms with Gasteiger partial charge in [0.15, 0.2) is 0 Å². The number of fused-ring (bicyclic) bond motifs is 4. The number of nitrogens with one attached hydrogen (secondary N) is 1. The molecule has 0 aliphatic rings. The fourth-order valence-electron chi connectivity index (χ4n) is 3.70. The average Bonchev–Trinajstić information content (AvgIpc) is 3.05. The maximum Gasteiger partial charge on any atom is 0.0574 e. The molecule has 0 saturated carbocycles. The first-order valence-electron chi connectivity index (χ1n) is 8.60. The molecule has 0 aliphatic heterocycles. The zero-order chi connectivity index (χ0) is 17.7. The minimum absolute atomic E-state index is 0.999. The highest BCUT2D eigenvalue weighted by atomic mass is 32.1. The lowest BCUT2D eigenvalue weighted by molar-refractivity contribution is 1.43.